The molecule has 2 heterocycles. The van der Waals surface area contributed by atoms with E-state index in [4.69, 9.17) is 16.3 Å². The number of halogens is 3. The number of aromatic nitrogens is 2. The molecule has 0 saturated heterocycles. The highest BCUT2D eigenvalue weighted by atomic mass is 35.5. The molecule has 3 aromatic rings. The van der Waals surface area contributed by atoms with E-state index in [9.17, 15) is 18.4 Å². The third-order valence-electron chi connectivity index (χ3n) is 3.44. The molecule has 2 aromatic heterocycles. The summed E-state index contributed by atoms with van der Waals surface area (Å²) in [7, 11) is 0. The molecule has 0 unspecified atom stereocenters. The number of ether oxygens (including phenoxy) is 1. The molecule has 128 valence electrons. The highest BCUT2D eigenvalue weighted by Crippen LogP contribution is 2.21. The molecule has 0 spiro atoms. The second kappa shape index (κ2) is 6.60. The monoisotopic (exact) mass is 364 g/mol. The second-order valence-corrected chi connectivity index (χ2v) is 5.75. The highest BCUT2D eigenvalue weighted by molar-refractivity contribution is 6.33. The van der Waals surface area contributed by atoms with Crippen molar-refractivity contribution >= 4 is 23.2 Å². The van der Waals surface area contributed by atoms with Gasteiger partial charge in [-0.1, -0.05) is 17.7 Å². The number of nitrogens with zero attached hydrogens (tertiary/aromatic N) is 2. The summed E-state index contributed by atoms with van der Waals surface area (Å²) >= 11 is 5.72. The van der Waals surface area contributed by atoms with Crippen LogP contribution < -0.4 is 5.56 Å². The Morgan fingerprint density at radius 2 is 1.96 bits per heavy atom. The van der Waals surface area contributed by atoms with Crippen LogP contribution in [0.2, 0.25) is 5.02 Å². The van der Waals surface area contributed by atoms with Crippen LogP contribution in [0.25, 0.3) is 5.65 Å². The van der Waals surface area contributed by atoms with Gasteiger partial charge in [0, 0.05) is 12.3 Å². The van der Waals surface area contributed by atoms with Crippen LogP contribution in [0.15, 0.2) is 41.3 Å². The van der Waals surface area contributed by atoms with Gasteiger partial charge in [-0.2, -0.15) is 0 Å². The van der Waals surface area contributed by atoms with Gasteiger partial charge in [0.25, 0.3) is 5.56 Å². The Morgan fingerprint density at radius 1 is 1.24 bits per heavy atom. The molecule has 0 aliphatic heterocycles. The third-order valence-corrected chi connectivity index (χ3v) is 3.75. The highest BCUT2D eigenvalue weighted by Gasteiger charge is 2.17. The predicted molar refractivity (Wildman–Crippen MR) is 86.7 cm³/mol. The Morgan fingerprint density at radius 3 is 2.72 bits per heavy atom. The molecule has 5 nitrogen and oxygen atoms in total. The maximum absolute atomic E-state index is 13.2. The number of rotatable bonds is 3. The van der Waals surface area contributed by atoms with Gasteiger partial charge in [-0.05, 0) is 30.7 Å². The molecule has 1 aromatic carbocycles. The maximum atomic E-state index is 13.2. The quantitative estimate of drug-likeness (QED) is 0.528. The van der Waals surface area contributed by atoms with Gasteiger partial charge in [-0.25, -0.2) is 18.6 Å². The van der Waals surface area contributed by atoms with Crippen molar-refractivity contribution in [3.05, 3.63) is 80.4 Å². The number of esters is 1. The van der Waals surface area contributed by atoms with Crippen LogP contribution in [-0.4, -0.2) is 15.4 Å². The lowest BCUT2D eigenvalue weighted by Crippen LogP contribution is -2.17. The molecule has 0 aliphatic rings. The molecule has 0 radical (unpaired) electrons. The minimum Gasteiger partial charge on any atom is -0.456 e. The third kappa shape index (κ3) is 3.51. The van der Waals surface area contributed by atoms with Crippen LogP contribution in [0.3, 0.4) is 0 Å². The van der Waals surface area contributed by atoms with Gasteiger partial charge in [0.1, 0.15) is 12.3 Å². The molecule has 0 saturated carbocycles. The predicted octanol–water partition coefficient (Wildman–Crippen LogP) is 3.29. The maximum Gasteiger partial charge on any atom is 0.340 e. The summed E-state index contributed by atoms with van der Waals surface area (Å²) in [4.78, 5) is 28.3. The first-order valence-electron chi connectivity index (χ1n) is 7.16. The topological polar surface area (TPSA) is 60.7 Å². The smallest absolute Gasteiger partial charge is 0.340 e. The normalized spacial score (nSPS) is 10.9. The fourth-order valence-corrected chi connectivity index (χ4v) is 2.46. The minimum absolute atomic E-state index is 0.223. The Bertz CT molecular complexity index is 1050. The van der Waals surface area contributed by atoms with Crippen molar-refractivity contribution in [1.82, 2.24) is 9.38 Å². The van der Waals surface area contributed by atoms with Crippen LogP contribution in [0.4, 0.5) is 8.78 Å². The Hall–Kier alpha value is -2.80. The number of carbonyl (C=O) groups excluding carboxylic acids is 1. The first-order valence-corrected chi connectivity index (χ1v) is 7.53. The molecular formula is C17H11ClF2N2O3. The zero-order chi connectivity index (χ0) is 18.1. The molecular weight excluding hydrogens is 354 g/mol. The van der Waals surface area contributed by atoms with Gasteiger partial charge >= 0.3 is 5.97 Å². The summed E-state index contributed by atoms with van der Waals surface area (Å²) in [5.41, 5.74) is 0.874. The largest absolute Gasteiger partial charge is 0.456 e. The van der Waals surface area contributed by atoms with Crippen LogP contribution in [0.1, 0.15) is 21.6 Å². The molecule has 8 heteroatoms. The number of benzene rings is 1. The number of fused-ring (bicyclic) bond motifs is 1. The van der Waals surface area contributed by atoms with Crippen molar-refractivity contribution in [1.29, 1.82) is 0 Å². The van der Waals surface area contributed by atoms with E-state index in [1.54, 1.807) is 18.3 Å². The standard InChI is InChI=1S/C17H11ClF2N2O3/c1-9-2-3-15-21-10(4-16(23)22(15)7-9)8-25-17(24)11-5-13(19)14(20)6-12(11)18/h2-7H,8H2,1H3. The van der Waals surface area contributed by atoms with Crippen LogP contribution in [0, 0.1) is 18.6 Å². The van der Waals surface area contributed by atoms with Crippen molar-refractivity contribution < 1.29 is 18.3 Å². The van der Waals surface area contributed by atoms with E-state index < -0.39 is 17.6 Å². The fourth-order valence-electron chi connectivity index (χ4n) is 2.23. The minimum atomic E-state index is -1.21. The Kier molecular flexibility index (Phi) is 4.50. The summed E-state index contributed by atoms with van der Waals surface area (Å²) in [6.07, 6.45) is 1.64. The van der Waals surface area contributed by atoms with Gasteiger partial charge < -0.3 is 4.74 Å². The molecule has 0 N–H and O–H groups in total. The molecule has 0 bridgehead atoms. The number of hydrogen-bond acceptors (Lipinski definition) is 4. The molecule has 3 rings (SSSR count). The van der Waals surface area contributed by atoms with Crippen molar-refractivity contribution in [2.24, 2.45) is 0 Å². The van der Waals surface area contributed by atoms with Gasteiger partial charge in [0.15, 0.2) is 11.6 Å². The number of pyridine rings is 1. The van der Waals surface area contributed by atoms with E-state index in [2.05, 4.69) is 4.98 Å². The van der Waals surface area contributed by atoms with E-state index in [1.165, 1.54) is 10.5 Å². The van der Waals surface area contributed by atoms with E-state index >= 15 is 0 Å². The average Bonchev–Trinajstić information content (AvgIpc) is 2.56. The summed E-state index contributed by atoms with van der Waals surface area (Å²) in [6.45, 7) is 1.53. The average molecular weight is 365 g/mol. The number of hydrogen-bond donors (Lipinski definition) is 0. The van der Waals surface area contributed by atoms with Crippen molar-refractivity contribution in [2.45, 2.75) is 13.5 Å². The SMILES string of the molecule is Cc1ccc2nc(COC(=O)c3cc(F)c(F)cc3Cl)cc(=O)n2c1. The molecule has 25 heavy (non-hydrogen) atoms. The number of aryl methyl sites for hydroxylation is 1. The molecule has 0 atom stereocenters. The second-order valence-electron chi connectivity index (χ2n) is 5.34. The van der Waals surface area contributed by atoms with Crippen LogP contribution in [0.5, 0.6) is 0 Å². The zero-order valence-corrected chi connectivity index (χ0v) is 13.7. The Balaban J connectivity index is 1.83. The van der Waals surface area contributed by atoms with Gasteiger partial charge in [-0.3, -0.25) is 9.20 Å². The Labute approximate surface area is 145 Å². The van der Waals surface area contributed by atoms with E-state index in [0.717, 1.165) is 5.56 Å². The molecule has 0 amide bonds. The molecule has 0 fully saturated rings. The van der Waals surface area contributed by atoms with E-state index in [-0.39, 0.29) is 28.4 Å². The van der Waals surface area contributed by atoms with E-state index in [1.807, 2.05) is 6.92 Å². The summed E-state index contributed by atoms with van der Waals surface area (Å²) < 4.78 is 32.6. The summed E-state index contributed by atoms with van der Waals surface area (Å²) in [6, 6.07) is 6.03. The van der Waals surface area contributed by atoms with Crippen LogP contribution in [-0.2, 0) is 11.3 Å². The van der Waals surface area contributed by atoms with E-state index in [0.29, 0.717) is 17.8 Å². The summed E-state index contributed by atoms with van der Waals surface area (Å²) in [5, 5.41) is -0.272. The lowest BCUT2D eigenvalue weighted by Gasteiger charge is -2.08. The molecule has 0 aliphatic carbocycles. The van der Waals surface area contributed by atoms with Gasteiger partial charge in [0.05, 0.1) is 16.3 Å². The van der Waals surface area contributed by atoms with Crippen molar-refractivity contribution in [3.8, 4) is 0 Å². The van der Waals surface area contributed by atoms with Crippen molar-refractivity contribution in [3.63, 3.8) is 0 Å². The lowest BCUT2D eigenvalue weighted by molar-refractivity contribution is 0.0467. The number of carbonyl (C=O) groups is 1. The fraction of sp³-hybridized carbons (Fsp3) is 0.118. The zero-order valence-electron chi connectivity index (χ0n) is 12.9. The lowest BCUT2D eigenvalue weighted by atomic mass is 10.2. The first-order chi connectivity index (χ1) is 11.8. The summed E-state index contributed by atoms with van der Waals surface area (Å²) in [5.74, 6) is -3.33. The van der Waals surface area contributed by atoms with Crippen LogP contribution >= 0.6 is 11.6 Å². The van der Waals surface area contributed by atoms with Gasteiger partial charge in [0.2, 0.25) is 0 Å². The van der Waals surface area contributed by atoms with Gasteiger partial charge in [-0.15, -0.1) is 0 Å². The first kappa shape index (κ1) is 17.0. The van der Waals surface area contributed by atoms with Crippen molar-refractivity contribution in [2.75, 3.05) is 0 Å².